The third-order valence-corrected chi connectivity index (χ3v) is 7.21. The molecule has 10 heteroatoms. The van der Waals surface area contributed by atoms with Gasteiger partial charge in [-0.1, -0.05) is 6.08 Å². The van der Waals surface area contributed by atoms with Gasteiger partial charge in [-0.15, -0.1) is 0 Å². The highest BCUT2D eigenvalue weighted by Gasteiger charge is 2.15. The largest absolute Gasteiger partial charge is 0.390 e. The molecule has 196 valence electrons. The Morgan fingerprint density at radius 3 is 2.70 bits per heavy atom. The molecule has 2 saturated heterocycles. The predicted molar refractivity (Wildman–Crippen MR) is 148 cm³/mol. The number of nitrogens with two attached hydrogens (primary N) is 1. The number of likely N-dealkylation sites (tertiary alicyclic amines) is 1. The summed E-state index contributed by atoms with van der Waals surface area (Å²) in [5.41, 5.74) is 10.9. The van der Waals surface area contributed by atoms with Crippen molar-refractivity contribution in [2.45, 2.75) is 31.7 Å². The summed E-state index contributed by atoms with van der Waals surface area (Å²) in [4.78, 5) is 21.8. The number of rotatable bonds is 11. The SMILES string of the molecule is N=CC(C=CNCCN1CCCC1)c1cnc2[nH]cc(Cc3cc(CN4CCNCC4)nc(N)n3)c2c1. The molecule has 2 fully saturated rings. The Morgan fingerprint density at radius 1 is 1.08 bits per heavy atom. The molecular weight excluding hydrogens is 464 g/mol. The average Bonchev–Trinajstić information content (AvgIpc) is 3.56. The van der Waals surface area contributed by atoms with Crippen LogP contribution in [-0.4, -0.2) is 88.3 Å². The molecule has 0 amide bonds. The third-order valence-electron chi connectivity index (χ3n) is 7.21. The van der Waals surface area contributed by atoms with E-state index >= 15 is 0 Å². The average molecular weight is 503 g/mol. The number of hydrogen-bond acceptors (Lipinski definition) is 9. The fourth-order valence-electron chi connectivity index (χ4n) is 5.19. The van der Waals surface area contributed by atoms with E-state index in [4.69, 9.17) is 11.1 Å². The predicted octanol–water partition coefficient (Wildman–Crippen LogP) is 1.86. The number of nitrogens with zero attached hydrogens (tertiary/aromatic N) is 5. The van der Waals surface area contributed by atoms with Crippen LogP contribution in [0.1, 0.15) is 41.3 Å². The molecule has 1 unspecified atom stereocenters. The molecule has 0 aromatic carbocycles. The Balaban J connectivity index is 1.26. The van der Waals surface area contributed by atoms with E-state index < -0.39 is 0 Å². The quantitative estimate of drug-likeness (QED) is 0.198. The summed E-state index contributed by atoms with van der Waals surface area (Å²) in [6.45, 7) is 9.18. The molecule has 3 aromatic rings. The highest BCUT2D eigenvalue weighted by molar-refractivity contribution is 5.82. The van der Waals surface area contributed by atoms with Gasteiger partial charge in [0, 0.05) is 82.1 Å². The summed E-state index contributed by atoms with van der Waals surface area (Å²) in [7, 11) is 0. The maximum atomic E-state index is 7.98. The van der Waals surface area contributed by atoms with Gasteiger partial charge >= 0.3 is 0 Å². The summed E-state index contributed by atoms with van der Waals surface area (Å²) in [6, 6.07) is 4.19. The van der Waals surface area contributed by atoms with Crippen molar-refractivity contribution in [3.8, 4) is 0 Å². The van der Waals surface area contributed by atoms with E-state index in [9.17, 15) is 0 Å². The van der Waals surface area contributed by atoms with E-state index in [1.807, 2.05) is 24.7 Å². The first-order valence-electron chi connectivity index (χ1n) is 13.3. The molecule has 0 radical (unpaired) electrons. The van der Waals surface area contributed by atoms with Crippen LogP contribution in [0.15, 0.2) is 36.8 Å². The minimum atomic E-state index is -0.140. The van der Waals surface area contributed by atoms with Crippen LogP contribution in [0.25, 0.3) is 11.0 Å². The molecule has 10 nitrogen and oxygen atoms in total. The lowest BCUT2D eigenvalue weighted by Gasteiger charge is -2.26. The van der Waals surface area contributed by atoms with E-state index in [1.54, 1.807) is 0 Å². The summed E-state index contributed by atoms with van der Waals surface area (Å²) >= 11 is 0. The molecule has 37 heavy (non-hydrogen) atoms. The van der Waals surface area contributed by atoms with E-state index in [1.165, 1.54) is 32.1 Å². The number of piperazine rings is 1. The summed E-state index contributed by atoms with van der Waals surface area (Å²) < 4.78 is 0. The van der Waals surface area contributed by atoms with Gasteiger partial charge in [0.15, 0.2) is 0 Å². The number of allylic oxidation sites excluding steroid dienone is 1. The normalized spacial score (nSPS) is 18.1. The minimum absolute atomic E-state index is 0.140. The zero-order valence-corrected chi connectivity index (χ0v) is 21.4. The number of pyridine rings is 1. The number of fused-ring (bicyclic) bond motifs is 1. The highest BCUT2D eigenvalue weighted by atomic mass is 15.2. The first-order chi connectivity index (χ1) is 18.2. The summed E-state index contributed by atoms with van der Waals surface area (Å²) in [6.07, 6.45) is 12.6. The first kappa shape index (κ1) is 25.3. The molecule has 1 atom stereocenters. The van der Waals surface area contributed by atoms with Gasteiger partial charge in [-0.3, -0.25) is 4.90 Å². The standard InChI is InChI=1S/C27H38N10/c28-16-20(3-4-30-5-10-36-8-1-2-9-36)21-14-25-22(18-33-26(25)32-17-21)13-23-15-24(35-27(29)34-23)19-37-11-6-31-7-12-37/h3-4,14-18,20,28,30-31H,1-2,5-13,19H2,(H,32,33)(H2,29,34,35). The molecule has 2 aliphatic heterocycles. The second kappa shape index (κ2) is 12.3. The lowest BCUT2D eigenvalue weighted by atomic mass is 9.99. The number of H-pyrrole nitrogens is 1. The monoisotopic (exact) mass is 502 g/mol. The van der Waals surface area contributed by atoms with Crippen LogP contribution >= 0.6 is 0 Å². The Hall–Kier alpha value is -3.34. The fraction of sp³-hybridized carbons (Fsp3) is 0.481. The Morgan fingerprint density at radius 2 is 1.89 bits per heavy atom. The molecule has 0 bridgehead atoms. The lowest BCUT2D eigenvalue weighted by Crippen LogP contribution is -2.43. The smallest absolute Gasteiger partial charge is 0.220 e. The van der Waals surface area contributed by atoms with Crippen molar-refractivity contribution < 1.29 is 0 Å². The van der Waals surface area contributed by atoms with Crippen LogP contribution in [0.4, 0.5) is 5.95 Å². The van der Waals surface area contributed by atoms with Crippen molar-refractivity contribution in [1.29, 1.82) is 5.41 Å². The second-order valence-electron chi connectivity index (χ2n) is 9.94. The van der Waals surface area contributed by atoms with Crippen molar-refractivity contribution >= 4 is 23.2 Å². The second-order valence-corrected chi connectivity index (χ2v) is 9.94. The molecule has 0 spiro atoms. The molecule has 0 aliphatic carbocycles. The van der Waals surface area contributed by atoms with Crippen molar-refractivity contribution in [2.75, 3.05) is 58.1 Å². The molecule has 5 rings (SSSR count). The fourth-order valence-corrected chi connectivity index (χ4v) is 5.19. The maximum absolute atomic E-state index is 7.98. The van der Waals surface area contributed by atoms with Crippen LogP contribution in [0.2, 0.25) is 0 Å². The molecule has 6 N–H and O–H groups in total. The van der Waals surface area contributed by atoms with Crippen LogP contribution in [0, 0.1) is 5.41 Å². The van der Waals surface area contributed by atoms with Crippen molar-refractivity contribution in [1.82, 2.24) is 40.4 Å². The van der Waals surface area contributed by atoms with Gasteiger partial charge < -0.3 is 31.7 Å². The number of nitrogen functional groups attached to an aromatic ring is 1. The molecule has 2 aliphatic rings. The van der Waals surface area contributed by atoms with E-state index in [2.05, 4.69) is 52.5 Å². The molecule has 0 saturated carbocycles. The number of anilines is 1. The third kappa shape index (κ3) is 6.71. The van der Waals surface area contributed by atoms with Crippen molar-refractivity contribution in [2.24, 2.45) is 0 Å². The Labute approximate surface area is 218 Å². The lowest BCUT2D eigenvalue weighted by molar-refractivity contribution is 0.230. The highest BCUT2D eigenvalue weighted by Crippen LogP contribution is 2.24. The van der Waals surface area contributed by atoms with Crippen LogP contribution in [-0.2, 0) is 13.0 Å². The van der Waals surface area contributed by atoms with Gasteiger partial charge in [-0.2, -0.15) is 0 Å². The number of aromatic amines is 1. The van der Waals surface area contributed by atoms with Crippen LogP contribution in [0.5, 0.6) is 0 Å². The number of aromatic nitrogens is 4. The zero-order chi connectivity index (χ0) is 25.5. The minimum Gasteiger partial charge on any atom is -0.390 e. The summed E-state index contributed by atoms with van der Waals surface area (Å²) in [5.74, 6) is 0.173. The van der Waals surface area contributed by atoms with Crippen LogP contribution in [0.3, 0.4) is 0 Å². The Bertz CT molecular complexity index is 1210. The van der Waals surface area contributed by atoms with Gasteiger partial charge in [-0.05, 0) is 55.4 Å². The van der Waals surface area contributed by atoms with Gasteiger partial charge in [0.2, 0.25) is 5.95 Å². The van der Waals surface area contributed by atoms with Gasteiger partial charge in [0.25, 0.3) is 0 Å². The van der Waals surface area contributed by atoms with Gasteiger partial charge in [0.1, 0.15) is 5.65 Å². The van der Waals surface area contributed by atoms with Gasteiger partial charge in [-0.25, -0.2) is 15.0 Å². The van der Waals surface area contributed by atoms with Crippen LogP contribution < -0.4 is 16.4 Å². The summed E-state index contributed by atoms with van der Waals surface area (Å²) in [5, 5.41) is 15.8. The molecule has 3 aromatic heterocycles. The topological polar surface area (TPSA) is 135 Å². The maximum Gasteiger partial charge on any atom is 0.220 e. The van der Waals surface area contributed by atoms with Crippen molar-refractivity contribution in [3.63, 3.8) is 0 Å². The zero-order valence-electron chi connectivity index (χ0n) is 21.4. The Kier molecular flexibility index (Phi) is 8.39. The van der Waals surface area contributed by atoms with E-state index in [0.717, 1.165) is 79.4 Å². The van der Waals surface area contributed by atoms with Crippen molar-refractivity contribution in [3.05, 3.63) is 59.3 Å². The molecular formula is C27H38N10. The number of hydrogen-bond donors (Lipinski definition) is 5. The van der Waals surface area contributed by atoms with E-state index in [-0.39, 0.29) is 5.92 Å². The first-order valence-corrected chi connectivity index (χ1v) is 13.3. The number of nitrogens with one attached hydrogen (secondary N) is 4. The molecule has 5 heterocycles. The van der Waals surface area contributed by atoms with Gasteiger partial charge in [0.05, 0.1) is 11.4 Å². The van der Waals surface area contributed by atoms with E-state index in [0.29, 0.717) is 12.4 Å².